The molecule has 0 aliphatic carbocycles. The Morgan fingerprint density at radius 2 is 2.00 bits per heavy atom. The summed E-state index contributed by atoms with van der Waals surface area (Å²) in [6, 6.07) is 6.86. The first kappa shape index (κ1) is 12.3. The van der Waals surface area contributed by atoms with Crippen LogP contribution in [-0.4, -0.2) is 29.8 Å². The molecular formula is C13H13NO4. The Kier molecular flexibility index (Phi) is 3.14. The molecule has 0 fully saturated rings. The fourth-order valence-electron chi connectivity index (χ4n) is 2.15. The molecule has 18 heavy (non-hydrogen) atoms. The van der Waals surface area contributed by atoms with Gasteiger partial charge in [-0.25, -0.2) is 0 Å². The third-order valence-corrected chi connectivity index (χ3v) is 3.12. The topological polar surface area (TPSA) is 74.7 Å². The number of carboxylic acid groups (broad SMARTS) is 1. The number of fused-ring (bicyclic) bond motifs is 1. The third-order valence-electron chi connectivity index (χ3n) is 3.12. The summed E-state index contributed by atoms with van der Waals surface area (Å²) in [4.78, 5) is 36.1. The molecule has 0 saturated carbocycles. The van der Waals surface area contributed by atoms with Crippen LogP contribution in [0.3, 0.4) is 0 Å². The second kappa shape index (κ2) is 4.60. The van der Waals surface area contributed by atoms with Crippen molar-refractivity contribution in [2.24, 2.45) is 5.92 Å². The highest BCUT2D eigenvalue weighted by Crippen LogP contribution is 2.31. The number of ketones is 1. The van der Waals surface area contributed by atoms with Gasteiger partial charge < -0.3 is 10.0 Å². The highest BCUT2D eigenvalue weighted by atomic mass is 16.4. The van der Waals surface area contributed by atoms with Crippen LogP contribution in [0.2, 0.25) is 0 Å². The fraction of sp³-hybridized carbons (Fsp3) is 0.308. The second-order valence-electron chi connectivity index (χ2n) is 4.26. The minimum Gasteiger partial charge on any atom is -0.481 e. The monoisotopic (exact) mass is 247 g/mol. The molecule has 1 aromatic rings. The molecule has 0 saturated heterocycles. The number of carboxylic acids is 1. The molecule has 1 N–H and O–H groups in total. The molecule has 1 atom stereocenters. The highest BCUT2D eigenvalue weighted by molar-refractivity contribution is 6.21. The summed E-state index contributed by atoms with van der Waals surface area (Å²) in [5.41, 5.74) is 1.06. The van der Waals surface area contributed by atoms with Gasteiger partial charge in [0.2, 0.25) is 5.91 Å². The summed E-state index contributed by atoms with van der Waals surface area (Å²) in [5, 5.41) is 8.64. The van der Waals surface area contributed by atoms with Crippen molar-refractivity contribution in [3.63, 3.8) is 0 Å². The van der Waals surface area contributed by atoms with E-state index in [1.165, 1.54) is 4.90 Å². The predicted octanol–water partition coefficient (Wildman–Crippen LogP) is 1.33. The van der Waals surface area contributed by atoms with E-state index in [1.807, 2.05) is 0 Å². The molecule has 2 rings (SSSR count). The van der Waals surface area contributed by atoms with Crippen LogP contribution in [0, 0.1) is 5.92 Å². The van der Waals surface area contributed by atoms with Gasteiger partial charge in [-0.1, -0.05) is 12.1 Å². The van der Waals surface area contributed by atoms with Gasteiger partial charge in [-0.3, -0.25) is 14.4 Å². The summed E-state index contributed by atoms with van der Waals surface area (Å²) in [6.45, 7) is 0. The molecule has 1 aromatic carbocycles. The number of aliphatic carboxylic acids is 1. The standard InChI is InChI=1S/C13H13NO4/c1-14-10-5-3-2-4-8(10)12(17)9(13(14)18)6-7-11(15)16/h2-5,9H,6-7H2,1H3,(H,15,16). The van der Waals surface area contributed by atoms with E-state index in [9.17, 15) is 14.4 Å². The van der Waals surface area contributed by atoms with Crippen molar-refractivity contribution >= 4 is 23.3 Å². The minimum atomic E-state index is -1.00. The maximum Gasteiger partial charge on any atom is 0.303 e. The van der Waals surface area contributed by atoms with Gasteiger partial charge in [0.15, 0.2) is 5.78 Å². The number of Topliss-reactive ketones (excluding diaryl/α,β-unsaturated/α-hetero) is 1. The number of amides is 1. The first-order valence-corrected chi connectivity index (χ1v) is 5.65. The SMILES string of the molecule is CN1C(=O)C(CCC(=O)O)C(=O)c2ccccc21. The molecule has 1 amide bonds. The maximum absolute atomic E-state index is 12.1. The molecule has 0 spiro atoms. The molecule has 1 unspecified atom stereocenters. The summed E-state index contributed by atoms with van der Waals surface area (Å²) in [6.07, 6.45) is -0.135. The van der Waals surface area contributed by atoms with Crippen molar-refractivity contribution in [1.29, 1.82) is 0 Å². The van der Waals surface area contributed by atoms with Crippen LogP contribution >= 0.6 is 0 Å². The molecule has 5 nitrogen and oxygen atoms in total. The maximum atomic E-state index is 12.1. The lowest BCUT2D eigenvalue weighted by atomic mass is 9.87. The quantitative estimate of drug-likeness (QED) is 0.817. The largest absolute Gasteiger partial charge is 0.481 e. The van der Waals surface area contributed by atoms with Crippen LogP contribution < -0.4 is 4.90 Å². The van der Waals surface area contributed by atoms with Gasteiger partial charge >= 0.3 is 5.97 Å². The van der Waals surface area contributed by atoms with E-state index in [2.05, 4.69) is 0 Å². The number of hydrogen-bond donors (Lipinski definition) is 1. The summed E-state index contributed by atoms with van der Waals surface area (Å²) < 4.78 is 0. The van der Waals surface area contributed by atoms with Gasteiger partial charge in [-0.15, -0.1) is 0 Å². The lowest BCUT2D eigenvalue weighted by molar-refractivity contribution is -0.137. The van der Waals surface area contributed by atoms with Crippen LogP contribution in [0.5, 0.6) is 0 Å². The van der Waals surface area contributed by atoms with E-state index < -0.39 is 11.9 Å². The first-order chi connectivity index (χ1) is 8.52. The molecule has 0 aromatic heterocycles. The highest BCUT2D eigenvalue weighted by Gasteiger charge is 2.37. The molecule has 94 valence electrons. The first-order valence-electron chi connectivity index (χ1n) is 5.65. The van der Waals surface area contributed by atoms with Gasteiger partial charge in [0, 0.05) is 19.0 Å². The van der Waals surface area contributed by atoms with Crippen molar-refractivity contribution in [2.45, 2.75) is 12.8 Å². The Morgan fingerprint density at radius 3 is 2.67 bits per heavy atom. The average molecular weight is 247 g/mol. The van der Waals surface area contributed by atoms with E-state index >= 15 is 0 Å². The molecule has 1 aliphatic rings. The molecule has 1 heterocycles. The van der Waals surface area contributed by atoms with E-state index in [-0.39, 0.29) is 24.5 Å². The third kappa shape index (κ3) is 1.99. The van der Waals surface area contributed by atoms with Gasteiger partial charge in [0.05, 0.1) is 5.69 Å². The van der Waals surface area contributed by atoms with Crippen molar-refractivity contribution in [2.75, 3.05) is 11.9 Å². The molecule has 0 bridgehead atoms. The zero-order valence-corrected chi connectivity index (χ0v) is 9.92. The van der Waals surface area contributed by atoms with Crippen molar-refractivity contribution in [1.82, 2.24) is 0 Å². The fourth-order valence-corrected chi connectivity index (χ4v) is 2.15. The Labute approximate surface area is 104 Å². The van der Waals surface area contributed by atoms with E-state index in [0.717, 1.165) is 0 Å². The van der Waals surface area contributed by atoms with Gasteiger partial charge in [0.1, 0.15) is 5.92 Å². The molecule has 1 aliphatic heterocycles. The van der Waals surface area contributed by atoms with Crippen LogP contribution in [-0.2, 0) is 9.59 Å². The smallest absolute Gasteiger partial charge is 0.303 e. The van der Waals surface area contributed by atoms with Crippen LogP contribution in [0.25, 0.3) is 0 Å². The molecule has 5 heteroatoms. The Morgan fingerprint density at radius 1 is 1.33 bits per heavy atom. The minimum absolute atomic E-state index is 0.0473. The van der Waals surface area contributed by atoms with Crippen LogP contribution in [0.15, 0.2) is 24.3 Å². The summed E-state index contributed by atoms with van der Waals surface area (Å²) in [5.74, 6) is -2.49. The van der Waals surface area contributed by atoms with Crippen molar-refractivity contribution in [3.05, 3.63) is 29.8 Å². The second-order valence-corrected chi connectivity index (χ2v) is 4.26. The number of nitrogens with zero attached hydrogens (tertiary/aromatic N) is 1. The zero-order valence-electron chi connectivity index (χ0n) is 9.92. The number of carbonyl (C=O) groups excluding carboxylic acids is 2. The molecule has 0 radical (unpaired) electrons. The van der Waals surface area contributed by atoms with Gasteiger partial charge in [0.25, 0.3) is 0 Å². The van der Waals surface area contributed by atoms with E-state index in [0.29, 0.717) is 11.3 Å². The van der Waals surface area contributed by atoms with E-state index in [4.69, 9.17) is 5.11 Å². The number of anilines is 1. The van der Waals surface area contributed by atoms with E-state index in [1.54, 1.807) is 31.3 Å². The van der Waals surface area contributed by atoms with Crippen LogP contribution in [0.1, 0.15) is 23.2 Å². The summed E-state index contributed by atoms with van der Waals surface area (Å²) >= 11 is 0. The molecular weight excluding hydrogens is 234 g/mol. The predicted molar refractivity (Wildman–Crippen MR) is 64.5 cm³/mol. The van der Waals surface area contributed by atoms with Gasteiger partial charge in [-0.05, 0) is 18.6 Å². The average Bonchev–Trinajstić information content (AvgIpc) is 2.36. The number of benzene rings is 1. The number of para-hydroxylation sites is 1. The lowest BCUT2D eigenvalue weighted by Crippen LogP contribution is -2.42. The Balaban J connectivity index is 2.33. The van der Waals surface area contributed by atoms with Gasteiger partial charge in [-0.2, -0.15) is 0 Å². The number of rotatable bonds is 3. The number of carbonyl (C=O) groups is 3. The van der Waals surface area contributed by atoms with Crippen molar-refractivity contribution < 1.29 is 19.5 Å². The Bertz CT molecular complexity index is 523. The Hall–Kier alpha value is -2.17. The summed E-state index contributed by atoms with van der Waals surface area (Å²) in [7, 11) is 1.60. The number of hydrogen-bond acceptors (Lipinski definition) is 3. The van der Waals surface area contributed by atoms with Crippen molar-refractivity contribution in [3.8, 4) is 0 Å². The normalized spacial score (nSPS) is 18.7. The van der Waals surface area contributed by atoms with Crippen LogP contribution in [0.4, 0.5) is 5.69 Å². The zero-order chi connectivity index (χ0) is 13.3. The lowest BCUT2D eigenvalue weighted by Gasteiger charge is -2.30.